The van der Waals surface area contributed by atoms with Gasteiger partial charge in [-0.1, -0.05) is 37.3 Å². The van der Waals surface area contributed by atoms with E-state index in [1.54, 1.807) is 23.1 Å². The summed E-state index contributed by atoms with van der Waals surface area (Å²) in [5, 5.41) is 6.32. The third kappa shape index (κ3) is 8.38. The zero-order valence-electron chi connectivity index (χ0n) is 16.8. The van der Waals surface area contributed by atoms with E-state index in [9.17, 15) is 8.42 Å². The van der Waals surface area contributed by atoms with Crippen molar-refractivity contribution in [2.24, 2.45) is 10.9 Å². The Balaban J connectivity index is 1.62. The summed E-state index contributed by atoms with van der Waals surface area (Å²) in [5.74, 6) is 2.74. The average molecular weight is 429 g/mol. The minimum Gasteiger partial charge on any atom is -0.376 e. The number of guanidine groups is 1. The molecular weight excluding hydrogens is 396 g/mol. The van der Waals surface area contributed by atoms with E-state index >= 15 is 0 Å². The van der Waals surface area contributed by atoms with Crippen LogP contribution in [0.25, 0.3) is 0 Å². The van der Waals surface area contributed by atoms with Crippen molar-refractivity contribution in [2.75, 3.05) is 57.1 Å². The van der Waals surface area contributed by atoms with E-state index in [2.05, 4.69) is 22.5 Å². The number of rotatable bonds is 10. The number of hydrogen-bond donors (Lipinski definition) is 2. The van der Waals surface area contributed by atoms with Gasteiger partial charge in [0.1, 0.15) is 0 Å². The van der Waals surface area contributed by atoms with E-state index in [0.717, 1.165) is 17.1 Å². The molecule has 158 valence electrons. The molecule has 1 aliphatic heterocycles. The predicted octanol–water partition coefficient (Wildman–Crippen LogP) is 1.38. The van der Waals surface area contributed by atoms with Gasteiger partial charge in [-0.25, -0.2) is 12.7 Å². The quantitative estimate of drug-likeness (QED) is 0.433. The Morgan fingerprint density at radius 2 is 1.96 bits per heavy atom. The van der Waals surface area contributed by atoms with Crippen LogP contribution in [-0.4, -0.2) is 75.8 Å². The zero-order chi connectivity index (χ0) is 20.2. The summed E-state index contributed by atoms with van der Waals surface area (Å²) in [5.41, 5.74) is 1.16. The van der Waals surface area contributed by atoms with Gasteiger partial charge < -0.3 is 15.4 Å². The molecule has 1 aliphatic rings. The minimum atomic E-state index is -3.20. The smallest absolute Gasteiger partial charge is 0.215 e. The van der Waals surface area contributed by atoms with E-state index in [0.29, 0.717) is 51.3 Å². The highest BCUT2D eigenvalue weighted by Crippen LogP contribution is 2.13. The molecule has 0 amide bonds. The number of benzene rings is 1. The fourth-order valence-corrected chi connectivity index (χ4v) is 5.25. The summed E-state index contributed by atoms with van der Waals surface area (Å²) in [6.07, 6.45) is 0. The number of aliphatic imine (C=N–C) groups is 1. The number of hydrogen-bond acceptors (Lipinski definition) is 5. The second-order valence-electron chi connectivity index (χ2n) is 6.81. The molecule has 9 heteroatoms. The van der Waals surface area contributed by atoms with E-state index < -0.39 is 10.0 Å². The first-order valence-electron chi connectivity index (χ1n) is 9.63. The number of nitrogens with one attached hydrogen (secondary N) is 2. The first kappa shape index (κ1) is 23.0. The average Bonchev–Trinajstić information content (AvgIpc) is 2.72. The molecule has 0 bridgehead atoms. The maximum absolute atomic E-state index is 12.4. The summed E-state index contributed by atoms with van der Waals surface area (Å²) in [4.78, 5) is 4.16. The summed E-state index contributed by atoms with van der Waals surface area (Å²) >= 11 is 1.80. The summed E-state index contributed by atoms with van der Waals surface area (Å²) < 4.78 is 32.1. The van der Waals surface area contributed by atoms with Crippen LogP contribution in [-0.2, 0) is 21.4 Å². The molecule has 2 N–H and O–H groups in total. The number of ether oxygens (including phenoxy) is 1. The minimum absolute atomic E-state index is 0.0775. The maximum Gasteiger partial charge on any atom is 0.215 e. The lowest BCUT2D eigenvalue weighted by Crippen LogP contribution is -2.45. The SMILES string of the molecule is CN=C(NCCS(=O)(=O)N1CCSCC1)NCC(C)COCc1ccccc1. The van der Waals surface area contributed by atoms with Crippen molar-refractivity contribution in [1.82, 2.24) is 14.9 Å². The Morgan fingerprint density at radius 1 is 1.25 bits per heavy atom. The van der Waals surface area contributed by atoms with E-state index in [-0.39, 0.29) is 5.75 Å². The second-order valence-corrected chi connectivity index (χ2v) is 10.1. The van der Waals surface area contributed by atoms with Gasteiger partial charge in [0.2, 0.25) is 10.0 Å². The van der Waals surface area contributed by atoms with Crippen LogP contribution in [0.1, 0.15) is 12.5 Å². The molecule has 7 nitrogen and oxygen atoms in total. The summed E-state index contributed by atoms with van der Waals surface area (Å²) in [6.45, 7) is 5.60. The van der Waals surface area contributed by atoms with Crippen molar-refractivity contribution < 1.29 is 13.2 Å². The lowest BCUT2D eigenvalue weighted by molar-refractivity contribution is 0.0931. The fourth-order valence-electron chi connectivity index (χ4n) is 2.75. The first-order valence-corrected chi connectivity index (χ1v) is 12.4. The predicted molar refractivity (Wildman–Crippen MR) is 117 cm³/mol. The van der Waals surface area contributed by atoms with Crippen LogP contribution in [0.2, 0.25) is 0 Å². The molecule has 1 aromatic rings. The summed E-state index contributed by atoms with van der Waals surface area (Å²) in [7, 11) is -1.52. The Labute approximate surface area is 173 Å². The van der Waals surface area contributed by atoms with Gasteiger partial charge in [-0.2, -0.15) is 11.8 Å². The Kier molecular flexibility index (Phi) is 10.1. The van der Waals surface area contributed by atoms with Gasteiger partial charge in [0.15, 0.2) is 5.96 Å². The molecule has 0 radical (unpaired) electrons. The van der Waals surface area contributed by atoms with E-state index in [1.807, 2.05) is 30.3 Å². The van der Waals surface area contributed by atoms with Crippen molar-refractivity contribution in [2.45, 2.75) is 13.5 Å². The largest absolute Gasteiger partial charge is 0.376 e. The third-order valence-electron chi connectivity index (χ3n) is 4.37. The van der Waals surface area contributed by atoms with Crippen LogP contribution >= 0.6 is 11.8 Å². The highest BCUT2D eigenvalue weighted by molar-refractivity contribution is 7.99. The number of sulfonamides is 1. The molecule has 0 spiro atoms. The van der Waals surface area contributed by atoms with Crippen LogP contribution in [0.4, 0.5) is 0 Å². The van der Waals surface area contributed by atoms with Gasteiger partial charge >= 0.3 is 0 Å². The number of nitrogens with zero attached hydrogens (tertiary/aromatic N) is 2. The molecule has 1 aromatic carbocycles. The van der Waals surface area contributed by atoms with Gasteiger partial charge in [-0.15, -0.1) is 0 Å². The van der Waals surface area contributed by atoms with Gasteiger partial charge in [0.25, 0.3) is 0 Å². The Hall–Kier alpha value is -1.29. The van der Waals surface area contributed by atoms with Gasteiger partial charge in [-0.05, 0) is 11.5 Å². The van der Waals surface area contributed by atoms with Crippen molar-refractivity contribution >= 4 is 27.7 Å². The van der Waals surface area contributed by atoms with Crippen LogP contribution in [0.3, 0.4) is 0 Å². The second kappa shape index (κ2) is 12.3. The van der Waals surface area contributed by atoms with Crippen molar-refractivity contribution in [1.29, 1.82) is 0 Å². The van der Waals surface area contributed by atoms with Crippen molar-refractivity contribution in [3.05, 3.63) is 35.9 Å². The Bertz CT molecular complexity index is 692. The molecule has 0 aliphatic carbocycles. The zero-order valence-corrected chi connectivity index (χ0v) is 18.4. The van der Waals surface area contributed by atoms with Gasteiger partial charge in [0.05, 0.1) is 19.0 Å². The lowest BCUT2D eigenvalue weighted by atomic mass is 10.2. The van der Waals surface area contributed by atoms with Crippen LogP contribution in [0.5, 0.6) is 0 Å². The molecular formula is C19H32N4O3S2. The van der Waals surface area contributed by atoms with Gasteiger partial charge in [-0.3, -0.25) is 4.99 Å². The third-order valence-corrected chi connectivity index (χ3v) is 7.19. The topological polar surface area (TPSA) is 83.0 Å². The number of thioether (sulfide) groups is 1. The lowest BCUT2D eigenvalue weighted by Gasteiger charge is -2.25. The molecule has 0 aromatic heterocycles. The molecule has 2 rings (SSSR count). The summed E-state index contributed by atoms with van der Waals surface area (Å²) in [6, 6.07) is 10.1. The maximum atomic E-state index is 12.4. The highest BCUT2D eigenvalue weighted by atomic mass is 32.2. The Morgan fingerprint density at radius 3 is 2.64 bits per heavy atom. The molecule has 1 saturated heterocycles. The van der Waals surface area contributed by atoms with Crippen LogP contribution in [0, 0.1) is 5.92 Å². The standard InChI is InChI=1S/C19H32N4O3S2/c1-17(15-26-16-18-6-4-3-5-7-18)14-22-19(20-2)21-8-13-28(24,25)23-9-11-27-12-10-23/h3-7,17H,8-16H2,1-2H3,(H2,20,21,22). The molecule has 1 unspecified atom stereocenters. The molecule has 1 atom stereocenters. The highest BCUT2D eigenvalue weighted by Gasteiger charge is 2.23. The van der Waals surface area contributed by atoms with Crippen molar-refractivity contribution in [3.63, 3.8) is 0 Å². The van der Waals surface area contributed by atoms with E-state index in [4.69, 9.17) is 4.74 Å². The van der Waals surface area contributed by atoms with Crippen LogP contribution in [0.15, 0.2) is 35.3 Å². The molecule has 1 fully saturated rings. The monoisotopic (exact) mass is 428 g/mol. The molecule has 0 saturated carbocycles. The van der Waals surface area contributed by atoms with Crippen LogP contribution < -0.4 is 10.6 Å². The fraction of sp³-hybridized carbons (Fsp3) is 0.632. The van der Waals surface area contributed by atoms with Gasteiger partial charge in [0, 0.05) is 44.7 Å². The molecule has 28 heavy (non-hydrogen) atoms. The normalized spacial score (nSPS) is 17.3. The van der Waals surface area contributed by atoms with Crippen molar-refractivity contribution in [3.8, 4) is 0 Å². The van der Waals surface area contributed by atoms with E-state index in [1.165, 1.54) is 0 Å². The molecule has 1 heterocycles. The first-order chi connectivity index (χ1) is 13.5.